The van der Waals surface area contributed by atoms with Gasteiger partial charge in [-0.1, -0.05) is 80.4 Å². The van der Waals surface area contributed by atoms with Gasteiger partial charge < -0.3 is 78.0 Å². The molecule has 1 aromatic heterocycles. The van der Waals surface area contributed by atoms with Crippen LogP contribution < -0.4 is 42.5 Å². The summed E-state index contributed by atoms with van der Waals surface area (Å²) in [6, 6.07) is 13.7. The molecule has 14 N–H and O–H groups in total. The summed E-state index contributed by atoms with van der Waals surface area (Å²) in [6.07, 6.45) is 4.09. The number of aliphatic carboxylic acids is 3. The Labute approximate surface area is 633 Å². The first-order valence-corrected chi connectivity index (χ1v) is 36.3. The number of unbranched alkanes of at least 4 members (excludes halogenated alkanes) is 3. The Morgan fingerprint density at radius 2 is 1.05 bits per heavy atom. The minimum atomic E-state index is -1.64. The van der Waals surface area contributed by atoms with Gasteiger partial charge in [0.15, 0.2) is 0 Å². The number of carbonyl (C=O) groups excluding carboxylic acids is 8. The molecule has 30 nitrogen and oxygen atoms in total. The summed E-state index contributed by atoms with van der Waals surface area (Å²) in [5.41, 5.74) is 2.55. The van der Waals surface area contributed by atoms with E-state index in [4.69, 9.17) is 0 Å². The van der Waals surface area contributed by atoms with Crippen molar-refractivity contribution in [2.45, 2.75) is 126 Å². The summed E-state index contributed by atoms with van der Waals surface area (Å²) < 4.78 is 0. The van der Waals surface area contributed by atoms with Crippen LogP contribution in [0.3, 0.4) is 0 Å². The van der Waals surface area contributed by atoms with Crippen LogP contribution in [0.4, 0.5) is 0 Å². The number of hydrogen-bond acceptors (Lipinski definition) is 19. The standard InChI is InChI=1S/C71H102N14O16S.Lu/c1-46(53-40-75-54-16-10-9-15-52(53)54)64-69(99)77-56(38-50-21-26-72-27-22-50)67(97)80-65(47(2)86)70(100)78-57(39-48-13-7-6-8-14-48)71(101)81(3)58(68(98)76-55(66(96)79-64)37-49-17-19-51(87)20-18-49)23-36-102-45-60(89)74-25-12-5-4-11-24-73-59(88)41-82-28-30-83(42-61(90)91)32-34-85(44-63(94)95)35-33-84(31-29-82)43-62(92)93;/h6-10,13-20,40,46-47,50,55-58,64-65,72,75,86-87H,4-5,11-12,21-39,41-45H2,1-3H3,(H,73,88)(H,74,89)(H,76,98)(H,77,99)(H,78,100)(H,79,96)(H,80,97)(H,90,91)(H,92,93)(H,94,95);/t46-,47+,55-,56-,57-,58-,64+,65-;/m0./s1. The number of hydrogen-bond donors (Lipinski definition) is 14. The third-order valence-electron chi connectivity index (χ3n) is 18.8. The van der Waals surface area contributed by atoms with Crippen LogP contribution in [-0.4, -0.2) is 286 Å². The number of carboxylic acid groups (broad SMARTS) is 3. The van der Waals surface area contributed by atoms with Crippen molar-refractivity contribution < 1.29 is 115 Å². The van der Waals surface area contributed by atoms with Gasteiger partial charge in [0.05, 0.1) is 38.0 Å². The molecule has 1 radical (unpaired) electrons. The number of aromatic hydroxyl groups is 1. The third kappa shape index (κ3) is 28.5. The number of phenolic OH excluding ortho intramolecular Hbond substituents is 1. The fraction of sp³-hybridized carbons (Fsp3) is 0.563. The number of rotatable bonds is 29. The van der Waals surface area contributed by atoms with Crippen LogP contribution in [0.1, 0.15) is 87.8 Å². The van der Waals surface area contributed by atoms with E-state index < -0.39 is 102 Å². The third-order valence-corrected chi connectivity index (χ3v) is 19.8. The minimum Gasteiger partial charge on any atom is -0.508 e. The average Bonchev–Trinajstić information content (AvgIpc) is 1.74. The number of likely N-dealkylation sites (N-methyl/N-ethyl adjacent to an activating group) is 1. The van der Waals surface area contributed by atoms with Gasteiger partial charge in [-0.2, -0.15) is 11.8 Å². The van der Waals surface area contributed by atoms with E-state index in [2.05, 4.69) is 47.5 Å². The summed E-state index contributed by atoms with van der Waals surface area (Å²) in [7, 11) is 1.39. The van der Waals surface area contributed by atoms with Gasteiger partial charge in [-0.3, -0.25) is 72.3 Å². The maximum Gasteiger partial charge on any atom is 0.317 e. The number of amides is 8. The molecule has 0 aliphatic carbocycles. The van der Waals surface area contributed by atoms with Crippen molar-refractivity contribution in [3.63, 3.8) is 0 Å². The smallest absolute Gasteiger partial charge is 0.317 e. The van der Waals surface area contributed by atoms with Gasteiger partial charge in [0.1, 0.15) is 42.0 Å². The van der Waals surface area contributed by atoms with Gasteiger partial charge in [-0.25, -0.2) is 0 Å². The van der Waals surface area contributed by atoms with E-state index in [0.717, 1.165) is 23.7 Å². The van der Waals surface area contributed by atoms with Crippen LogP contribution in [-0.2, 0) is 65.6 Å². The molecule has 0 spiro atoms. The number of H-pyrrole nitrogens is 1. The van der Waals surface area contributed by atoms with Gasteiger partial charge in [-0.05, 0) is 105 Å². The molecule has 3 aliphatic heterocycles. The predicted octanol–water partition coefficient (Wildman–Crippen LogP) is -0.111. The first-order valence-electron chi connectivity index (χ1n) is 35.1. The number of phenols is 1. The number of thioether (sulfide) groups is 1. The van der Waals surface area contributed by atoms with E-state index in [-0.39, 0.29) is 163 Å². The molecule has 32 heteroatoms. The first-order chi connectivity index (χ1) is 48.9. The largest absolute Gasteiger partial charge is 0.508 e. The number of aliphatic hydroxyl groups is 1. The van der Waals surface area contributed by atoms with Crippen molar-refractivity contribution in [1.29, 1.82) is 0 Å². The Bertz CT molecular complexity index is 3410. The normalized spacial score (nSPS) is 21.8. The number of carboxylic acids is 3. The maximum atomic E-state index is 15.3. The van der Waals surface area contributed by atoms with Gasteiger partial charge >= 0.3 is 17.9 Å². The van der Waals surface area contributed by atoms with E-state index in [9.17, 15) is 59.1 Å². The topological polar surface area (TPSA) is 417 Å². The molecular formula is C71H102LuN14O16S. The van der Waals surface area contributed by atoms with Crippen LogP contribution in [0.2, 0.25) is 0 Å². The molecular weight excluding hydrogens is 1510 g/mol. The van der Waals surface area contributed by atoms with Crippen molar-refractivity contribution in [3.8, 4) is 5.75 Å². The zero-order valence-corrected chi connectivity index (χ0v) is 61.2. The Hall–Kier alpha value is -7.49. The number of piperidine rings is 1. The average molecular weight is 1610 g/mol. The molecule has 0 unspecified atom stereocenters. The number of fused-ring (bicyclic) bond motifs is 1. The molecule has 7 rings (SSSR count). The molecule has 4 aromatic rings. The molecule has 4 heterocycles. The molecule has 3 fully saturated rings. The number of nitrogens with zero attached hydrogens (tertiary/aromatic N) is 5. The summed E-state index contributed by atoms with van der Waals surface area (Å²) in [6.45, 7) is 6.42. The zero-order chi connectivity index (χ0) is 73.7. The summed E-state index contributed by atoms with van der Waals surface area (Å²) >= 11 is 1.20. The number of carbonyl (C=O) groups is 11. The fourth-order valence-corrected chi connectivity index (χ4v) is 13.8. The fourth-order valence-electron chi connectivity index (χ4n) is 13.0. The van der Waals surface area contributed by atoms with Crippen molar-refractivity contribution in [3.05, 3.63) is 102 Å². The zero-order valence-electron chi connectivity index (χ0n) is 58.7. The van der Waals surface area contributed by atoms with Crippen LogP contribution >= 0.6 is 11.8 Å². The molecule has 3 saturated heterocycles. The van der Waals surface area contributed by atoms with Crippen molar-refractivity contribution in [2.75, 3.05) is 123 Å². The van der Waals surface area contributed by atoms with Gasteiger partial charge in [0, 0.05) is 145 Å². The second-order valence-electron chi connectivity index (χ2n) is 26.7. The van der Waals surface area contributed by atoms with E-state index in [1.807, 2.05) is 29.2 Å². The molecule has 3 aliphatic rings. The van der Waals surface area contributed by atoms with E-state index >= 15 is 19.2 Å². The Balaban J connectivity index is 0.0000167. The van der Waals surface area contributed by atoms with E-state index in [0.29, 0.717) is 81.6 Å². The number of aromatic nitrogens is 1. The van der Waals surface area contributed by atoms with Crippen LogP contribution in [0, 0.1) is 42.8 Å². The van der Waals surface area contributed by atoms with Crippen molar-refractivity contribution in [1.82, 2.24) is 72.0 Å². The predicted molar refractivity (Wildman–Crippen MR) is 382 cm³/mol. The molecule has 103 heavy (non-hydrogen) atoms. The number of aromatic amines is 1. The maximum absolute atomic E-state index is 15.3. The summed E-state index contributed by atoms with van der Waals surface area (Å²) in [5, 5.41) is 74.3. The van der Waals surface area contributed by atoms with E-state index in [1.54, 1.807) is 70.3 Å². The Kier molecular flexibility index (Phi) is 35.8. The quantitative estimate of drug-likeness (QED) is 0.0315. The molecule has 0 saturated carbocycles. The second kappa shape index (κ2) is 43.7. The first kappa shape index (κ1) is 84.5. The number of para-hydroxylation sites is 1. The Morgan fingerprint density at radius 3 is 1.62 bits per heavy atom. The number of nitrogens with one attached hydrogen (secondary N) is 9. The number of aliphatic hydroxyl groups excluding tert-OH is 1. The summed E-state index contributed by atoms with van der Waals surface area (Å²) in [4.78, 5) is 163. The van der Waals surface area contributed by atoms with Crippen LogP contribution in [0.25, 0.3) is 10.9 Å². The molecule has 8 amide bonds. The van der Waals surface area contributed by atoms with Crippen molar-refractivity contribution in [2.24, 2.45) is 5.92 Å². The van der Waals surface area contributed by atoms with E-state index in [1.165, 1.54) is 42.8 Å². The van der Waals surface area contributed by atoms with Crippen LogP contribution in [0.15, 0.2) is 85.1 Å². The van der Waals surface area contributed by atoms with Gasteiger partial charge in [0.25, 0.3) is 0 Å². The van der Waals surface area contributed by atoms with Gasteiger partial charge in [-0.15, -0.1) is 0 Å². The molecule has 3 aromatic carbocycles. The van der Waals surface area contributed by atoms with Crippen LogP contribution in [0.5, 0.6) is 5.75 Å². The second-order valence-corrected chi connectivity index (χ2v) is 27.8. The van der Waals surface area contributed by atoms with Gasteiger partial charge in [0.2, 0.25) is 47.3 Å². The minimum absolute atomic E-state index is 0. The SMILES string of the molecule is C[C@@H](O)[C@@H]1NC(=O)[C@H](CC2CCNCC2)NC(=O)[C@@H]([C@@H](C)c2c[nH]c3ccccc23)NC(=O)[C@H](Cc2ccc(O)cc2)NC(=O)[C@H](CCSCC(=O)NCCCCCCNC(=O)CN2CCN(CC(=O)O)CCN(CC(=O)O)CCN(CC(=O)O)CC2)N(C)C(=O)[C@H](Cc2ccccc2)NC1=O.[Lu]. The molecule has 573 valence electrons. The monoisotopic (exact) mass is 1610 g/mol. The molecule has 8 atom stereocenters. The number of benzene rings is 3. The molecule has 0 bridgehead atoms. The summed E-state index contributed by atoms with van der Waals surface area (Å²) in [5.74, 6) is -9.22. The van der Waals surface area contributed by atoms with Crippen molar-refractivity contribution >= 4 is 87.8 Å². The Morgan fingerprint density at radius 1 is 0.563 bits per heavy atom.